The number of nitrogens with one attached hydrogen (secondary N) is 1. The summed E-state index contributed by atoms with van der Waals surface area (Å²) >= 11 is 0. The van der Waals surface area contributed by atoms with E-state index in [1.54, 1.807) is 6.08 Å². The Morgan fingerprint density at radius 3 is 2.41 bits per heavy atom. The Morgan fingerprint density at radius 1 is 1.06 bits per heavy atom. The first-order valence-corrected chi connectivity index (χ1v) is 11.0. The monoisotopic (exact) mass is 436 g/mol. The summed E-state index contributed by atoms with van der Waals surface area (Å²) in [6.45, 7) is 7.30. The molecule has 0 aromatic heterocycles. The molecule has 1 amide bonds. The number of nitrogens with zero attached hydrogens (tertiary/aromatic N) is 1. The van der Waals surface area contributed by atoms with E-state index in [2.05, 4.69) is 17.3 Å². The summed E-state index contributed by atoms with van der Waals surface area (Å²) in [5, 5.41) is 2.91. The topological polar surface area (TPSA) is 67.9 Å². The van der Waals surface area contributed by atoms with Crippen molar-refractivity contribution in [2.24, 2.45) is 0 Å². The second kappa shape index (κ2) is 10.5. The second-order valence-electron chi connectivity index (χ2n) is 9.07. The third kappa shape index (κ3) is 7.24. The van der Waals surface area contributed by atoms with Crippen LogP contribution in [-0.2, 0) is 14.3 Å². The molecule has 2 aromatic rings. The molecule has 0 unspecified atom stereocenters. The molecule has 0 atom stereocenters. The molecule has 170 valence electrons. The lowest BCUT2D eigenvalue weighted by Crippen LogP contribution is -2.36. The molecule has 1 fully saturated rings. The summed E-state index contributed by atoms with van der Waals surface area (Å²) in [4.78, 5) is 26.9. The van der Waals surface area contributed by atoms with E-state index in [9.17, 15) is 9.59 Å². The average Bonchev–Trinajstić information content (AvgIpc) is 2.73. The van der Waals surface area contributed by atoms with Crippen LogP contribution in [0.2, 0.25) is 0 Å². The Labute approximate surface area is 190 Å². The molecule has 1 heterocycles. The van der Waals surface area contributed by atoms with E-state index in [0.29, 0.717) is 5.69 Å². The third-order valence-corrected chi connectivity index (χ3v) is 5.12. The number of hydrogen-bond acceptors (Lipinski definition) is 5. The molecule has 32 heavy (non-hydrogen) atoms. The van der Waals surface area contributed by atoms with Gasteiger partial charge in [-0.25, -0.2) is 9.59 Å². The van der Waals surface area contributed by atoms with E-state index in [0.717, 1.165) is 42.6 Å². The minimum Gasteiger partial charge on any atom is -0.457 e. The predicted molar refractivity (Wildman–Crippen MR) is 127 cm³/mol. The van der Waals surface area contributed by atoms with Crippen LogP contribution in [0.3, 0.4) is 0 Å². The summed E-state index contributed by atoms with van der Waals surface area (Å²) < 4.78 is 11.0. The fourth-order valence-electron chi connectivity index (χ4n) is 3.53. The smallest absolute Gasteiger partial charge is 0.411 e. The van der Waals surface area contributed by atoms with Crippen LogP contribution in [0.5, 0.6) is 0 Å². The molecule has 0 aliphatic carbocycles. The number of hydrogen-bond donors (Lipinski definition) is 1. The summed E-state index contributed by atoms with van der Waals surface area (Å²) in [7, 11) is 2.07. The van der Waals surface area contributed by atoms with Gasteiger partial charge in [0.25, 0.3) is 0 Å². The summed E-state index contributed by atoms with van der Waals surface area (Å²) in [6, 6.07) is 15.5. The maximum atomic E-state index is 12.6. The van der Waals surface area contributed by atoms with Crippen molar-refractivity contribution in [1.82, 2.24) is 4.90 Å². The molecule has 1 aliphatic rings. The standard InChI is InChI=1S/C26H32N2O4/c1-26(2,3)32-24(29)13-11-19-10-12-22(20-8-6-5-7-9-20)23(18-19)27-25(30)31-21-14-16-28(4)17-15-21/h5-13,18,21H,14-17H2,1-4H3,(H,27,30). The van der Waals surface area contributed by atoms with Crippen LogP contribution in [0.15, 0.2) is 54.6 Å². The molecule has 2 aromatic carbocycles. The fraction of sp³-hybridized carbons (Fsp3) is 0.385. The van der Waals surface area contributed by atoms with Crippen LogP contribution in [0.4, 0.5) is 10.5 Å². The van der Waals surface area contributed by atoms with Crippen LogP contribution in [0.1, 0.15) is 39.2 Å². The van der Waals surface area contributed by atoms with E-state index in [1.807, 2.05) is 69.3 Å². The zero-order valence-corrected chi connectivity index (χ0v) is 19.3. The number of rotatable bonds is 5. The number of esters is 1. The molecule has 6 heteroatoms. The van der Waals surface area contributed by atoms with E-state index in [1.165, 1.54) is 6.08 Å². The molecule has 1 N–H and O–H groups in total. The number of piperidine rings is 1. The lowest BCUT2D eigenvalue weighted by molar-refractivity contribution is -0.148. The summed E-state index contributed by atoms with van der Waals surface area (Å²) in [5.41, 5.74) is 2.69. The maximum absolute atomic E-state index is 12.6. The van der Waals surface area contributed by atoms with Crippen LogP contribution >= 0.6 is 0 Å². The highest BCUT2D eigenvalue weighted by molar-refractivity contribution is 5.93. The van der Waals surface area contributed by atoms with Crippen molar-refractivity contribution in [1.29, 1.82) is 0 Å². The highest BCUT2D eigenvalue weighted by Gasteiger charge is 2.21. The molecule has 3 rings (SSSR count). The van der Waals surface area contributed by atoms with Crippen molar-refractivity contribution in [2.45, 2.75) is 45.3 Å². The largest absolute Gasteiger partial charge is 0.457 e. The van der Waals surface area contributed by atoms with Gasteiger partial charge < -0.3 is 14.4 Å². The van der Waals surface area contributed by atoms with Gasteiger partial charge in [-0.05, 0) is 63.9 Å². The fourth-order valence-corrected chi connectivity index (χ4v) is 3.53. The van der Waals surface area contributed by atoms with Crippen LogP contribution < -0.4 is 5.32 Å². The van der Waals surface area contributed by atoms with Gasteiger partial charge in [0, 0.05) is 24.7 Å². The van der Waals surface area contributed by atoms with Gasteiger partial charge in [-0.15, -0.1) is 0 Å². The van der Waals surface area contributed by atoms with Crippen molar-refractivity contribution in [3.8, 4) is 11.1 Å². The lowest BCUT2D eigenvalue weighted by atomic mass is 10.0. The van der Waals surface area contributed by atoms with Gasteiger partial charge in [-0.2, -0.15) is 0 Å². The highest BCUT2D eigenvalue weighted by atomic mass is 16.6. The van der Waals surface area contributed by atoms with Gasteiger partial charge in [0.1, 0.15) is 11.7 Å². The van der Waals surface area contributed by atoms with Gasteiger partial charge in [0.05, 0.1) is 5.69 Å². The van der Waals surface area contributed by atoms with Crippen molar-refractivity contribution in [2.75, 3.05) is 25.5 Å². The minimum atomic E-state index is -0.553. The van der Waals surface area contributed by atoms with Gasteiger partial charge in [0.2, 0.25) is 0 Å². The van der Waals surface area contributed by atoms with Crippen molar-refractivity contribution in [3.05, 3.63) is 60.2 Å². The molecule has 0 bridgehead atoms. The molecule has 0 saturated carbocycles. The SMILES string of the molecule is CN1CCC(OC(=O)Nc2cc(C=CC(=O)OC(C)(C)C)ccc2-c2ccccc2)CC1. The van der Waals surface area contributed by atoms with Gasteiger partial charge >= 0.3 is 12.1 Å². The van der Waals surface area contributed by atoms with Gasteiger partial charge in [-0.1, -0.05) is 42.5 Å². The van der Waals surface area contributed by atoms with Gasteiger partial charge in [0.15, 0.2) is 0 Å². The first-order chi connectivity index (χ1) is 15.2. The molecule has 0 spiro atoms. The summed E-state index contributed by atoms with van der Waals surface area (Å²) in [6.07, 6.45) is 4.17. The Bertz CT molecular complexity index is 956. The molecule has 0 radical (unpaired) electrons. The zero-order valence-electron chi connectivity index (χ0n) is 19.3. The number of anilines is 1. The first kappa shape index (κ1) is 23.5. The normalized spacial score (nSPS) is 15.5. The first-order valence-electron chi connectivity index (χ1n) is 11.0. The molecule has 6 nitrogen and oxygen atoms in total. The van der Waals surface area contributed by atoms with Crippen molar-refractivity contribution in [3.63, 3.8) is 0 Å². The lowest BCUT2D eigenvalue weighted by Gasteiger charge is -2.28. The third-order valence-electron chi connectivity index (χ3n) is 5.12. The van der Waals surface area contributed by atoms with E-state index < -0.39 is 17.7 Å². The van der Waals surface area contributed by atoms with E-state index >= 15 is 0 Å². The average molecular weight is 437 g/mol. The van der Waals surface area contributed by atoms with Gasteiger partial charge in [-0.3, -0.25) is 5.32 Å². The number of ether oxygens (including phenoxy) is 2. The highest BCUT2D eigenvalue weighted by Crippen LogP contribution is 2.30. The maximum Gasteiger partial charge on any atom is 0.411 e. The van der Waals surface area contributed by atoms with Crippen molar-refractivity contribution < 1.29 is 19.1 Å². The van der Waals surface area contributed by atoms with E-state index in [-0.39, 0.29) is 6.10 Å². The van der Waals surface area contributed by atoms with Crippen LogP contribution in [-0.4, -0.2) is 48.8 Å². The van der Waals surface area contributed by atoms with E-state index in [4.69, 9.17) is 9.47 Å². The Morgan fingerprint density at radius 2 is 1.75 bits per heavy atom. The molecule has 1 aliphatic heterocycles. The number of likely N-dealkylation sites (tertiary alicyclic amines) is 1. The molecule has 1 saturated heterocycles. The Kier molecular flexibility index (Phi) is 7.70. The minimum absolute atomic E-state index is 0.0818. The Balaban J connectivity index is 1.78. The number of carbonyl (C=O) groups is 2. The summed E-state index contributed by atoms with van der Waals surface area (Å²) in [5.74, 6) is -0.416. The van der Waals surface area contributed by atoms with Crippen LogP contribution in [0.25, 0.3) is 17.2 Å². The zero-order chi connectivity index (χ0) is 23.1. The number of amides is 1. The predicted octanol–water partition coefficient (Wildman–Crippen LogP) is 5.35. The Hall–Kier alpha value is -3.12. The number of carbonyl (C=O) groups excluding carboxylic acids is 2. The van der Waals surface area contributed by atoms with Crippen molar-refractivity contribution >= 4 is 23.8 Å². The van der Waals surface area contributed by atoms with Crippen LogP contribution in [0, 0.1) is 0 Å². The number of benzene rings is 2. The molecular formula is C26H32N2O4. The second-order valence-corrected chi connectivity index (χ2v) is 9.07. The molecular weight excluding hydrogens is 404 g/mol. The quantitative estimate of drug-likeness (QED) is 0.505.